The van der Waals surface area contributed by atoms with Crippen LogP contribution in [0.3, 0.4) is 0 Å². The van der Waals surface area contributed by atoms with Crippen molar-refractivity contribution < 1.29 is 4.92 Å². The van der Waals surface area contributed by atoms with E-state index in [1.807, 2.05) is 12.1 Å². The molecule has 1 aromatic rings. The van der Waals surface area contributed by atoms with Gasteiger partial charge in [-0.2, -0.15) is 0 Å². The molecular weight excluding hydrogens is 230 g/mol. The number of para-hydroxylation sites is 1. The first-order valence-corrected chi connectivity index (χ1v) is 6.26. The van der Waals surface area contributed by atoms with Crippen molar-refractivity contribution in [1.82, 2.24) is 10.2 Å². The molecule has 0 fully saturated rings. The molecule has 100 valence electrons. The Bertz CT molecular complexity index is 382. The van der Waals surface area contributed by atoms with Gasteiger partial charge in [-0.25, -0.2) is 0 Å². The third-order valence-electron chi connectivity index (χ3n) is 2.97. The second-order valence-corrected chi connectivity index (χ2v) is 4.28. The van der Waals surface area contributed by atoms with Gasteiger partial charge >= 0.3 is 0 Å². The summed E-state index contributed by atoms with van der Waals surface area (Å²) in [7, 11) is 2.07. The number of likely N-dealkylation sites (N-methyl/N-ethyl adjacent to an activating group) is 1. The lowest BCUT2D eigenvalue weighted by molar-refractivity contribution is -0.385. The molecular formula is C13H21N3O2. The van der Waals surface area contributed by atoms with Gasteiger partial charge in [0.1, 0.15) is 0 Å². The van der Waals surface area contributed by atoms with Gasteiger partial charge in [0.25, 0.3) is 5.69 Å². The molecule has 0 aliphatic carbocycles. The van der Waals surface area contributed by atoms with Crippen LogP contribution in [-0.4, -0.2) is 43.0 Å². The Hall–Kier alpha value is -1.46. The predicted molar refractivity (Wildman–Crippen MR) is 72.8 cm³/mol. The molecule has 0 bridgehead atoms. The van der Waals surface area contributed by atoms with Crippen LogP contribution >= 0.6 is 0 Å². The largest absolute Gasteiger partial charge is 0.315 e. The zero-order chi connectivity index (χ0) is 13.4. The second-order valence-electron chi connectivity index (χ2n) is 4.28. The van der Waals surface area contributed by atoms with Gasteiger partial charge in [-0.1, -0.05) is 25.1 Å². The van der Waals surface area contributed by atoms with Crippen LogP contribution in [0.2, 0.25) is 0 Å². The van der Waals surface area contributed by atoms with E-state index in [9.17, 15) is 10.1 Å². The molecule has 0 spiro atoms. The number of nitrogens with zero attached hydrogens (tertiary/aromatic N) is 2. The third-order valence-corrected chi connectivity index (χ3v) is 2.97. The lowest BCUT2D eigenvalue weighted by Gasteiger charge is -2.13. The van der Waals surface area contributed by atoms with Crippen LogP contribution in [0.15, 0.2) is 24.3 Å². The number of nitrogens with one attached hydrogen (secondary N) is 1. The van der Waals surface area contributed by atoms with Gasteiger partial charge in [0, 0.05) is 24.7 Å². The number of nitro benzene ring substituents is 1. The van der Waals surface area contributed by atoms with E-state index in [0.29, 0.717) is 6.42 Å². The highest BCUT2D eigenvalue weighted by molar-refractivity contribution is 5.39. The molecule has 18 heavy (non-hydrogen) atoms. The van der Waals surface area contributed by atoms with Gasteiger partial charge in [0.05, 0.1) is 4.92 Å². The minimum Gasteiger partial charge on any atom is -0.315 e. The summed E-state index contributed by atoms with van der Waals surface area (Å²) in [4.78, 5) is 12.7. The minimum absolute atomic E-state index is 0.213. The lowest BCUT2D eigenvalue weighted by Crippen LogP contribution is -2.30. The maximum absolute atomic E-state index is 10.8. The average Bonchev–Trinajstić information content (AvgIpc) is 2.38. The van der Waals surface area contributed by atoms with Crippen molar-refractivity contribution in [3.8, 4) is 0 Å². The summed E-state index contributed by atoms with van der Waals surface area (Å²) in [5.74, 6) is 0. The van der Waals surface area contributed by atoms with Crippen molar-refractivity contribution in [3.63, 3.8) is 0 Å². The Morgan fingerprint density at radius 2 is 2.06 bits per heavy atom. The quantitative estimate of drug-likeness (QED) is 0.434. The van der Waals surface area contributed by atoms with Gasteiger partial charge < -0.3 is 10.2 Å². The van der Waals surface area contributed by atoms with E-state index in [1.54, 1.807) is 12.1 Å². The number of nitro groups is 1. The highest BCUT2D eigenvalue weighted by Crippen LogP contribution is 2.17. The average molecular weight is 251 g/mol. The molecule has 0 unspecified atom stereocenters. The van der Waals surface area contributed by atoms with Gasteiger partial charge in [-0.05, 0) is 26.6 Å². The second kappa shape index (κ2) is 7.79. The fourth-order valence-electron chi connectivity index (χ4n) is 1.68. The number of benzene rings is 1. The zero-order valence-electron chi connectivity index (χ0n) is 11.1. The van der Waals surface area contributed by atoms with Gasteiger partial charge in [0.2, 0.25) is 0 Å². The zero-order valence-corrected chi connectivity index (χ0v) is 11.1. The van der Waals surface area contributed by atoms with Crippen molar-refractivity contribution in [2.24, 2.45) is 0 Å². The van der Waals surface area contributed by atoms with E-state index in [1.165, 1.54) is 0 Å². The van der Waals surface area contributed by atoms with Crippen LogP contribution in [0.4, 0.5) is 5.69 Å². The predicted octanol–water partition coefficient (Wildman–Crippen LogP) is 1.68. The molecule has 0 heterocycles. The monoisotopic (exact) mass is 251 g/mol. The Kier molecular flexibility index (Phi) is 6.32. The van der Waals surface area contributed by atoms with E-state index in [2.05, 4.69) is 24.2 Å². The maximum atomic E-state index is 10.8. The molecule has 1 N–H and O–H groups in total. The maximum Gasteiger partial charge on any atom is 0.272 e. The van der Waals surface area contributed by atoms with Crippen molar-refractivity contribution in [2.45, 2.75) is 13.3 Å². The molecule has 0 saturated carbocycles. The van der Waals surface area contributed by atoms with Crippen LogP contribution in [0, 0.1) is 10.1 Å². The first-order valence-electron chi connectivity index (χ1n) is 6.26. The van der Waals surface area contributed by atoms with E-state index in [4.69, 9.17) is 0 Å². The summed E-state index contributed by atoms with van der Waals surface area (Å²) < 4.78 is 0. The summed E-state index contributed by atoms with van der Waals surface area (Å²) in [5.41, 5.74) is 1.00. The minimum atomic E-state index is -0.319. The van der Waals surface area contributed by atoms with Gasteiger partial charge in [0.15, 0.2) is 0 Å². The lowest BCUT2D eigenvalue weighted by atomic mass is 10.1. The summed E-state index contributed by atoms with van der Waals surface area (Å²) in [6.07, 6.45) is 0.687. The highest BCUT2D eigenvalue weighted by atomic mass is 16.6. The standard InChI is InChI=1S/C13H21N3O2/c1-3-15(2)11-10-14-9-8-12-6-4-5-7-13(12)16(17)18/h4-7,14H,3,8-11H2,1-2H3. The Balaban J connectivity index is 2.33. The van der Waals surface area contributed by atoms with Gasteiger partial charge in [-0.3, -0.25) is 10.1 Å². The SMILES string of the molecule is CCN(C)CCNCCc1ccccc1[N+](=O)[O-]. The highest BCUT2D eigenvalue weighted by Gasteiger charge is 2.11. The molecule has 1 aromatic carbocycles. The first kappa shape index (κ1) is 14.6. The van der Waals surface area contributed by atoms with Crippen LogP contribution in [0.25, 0.3) is 0 Å². The van der Waals surface area contributed by atoms with E-state index >= 15 is 0 Å². The molecule has 0 aromatic heterocycles. The topological polar surface area (TPSA) is 58.4 Å². The van der Waals surface area contributed by atoms with E-state index in [-0.39, 0.29) is 10.6 Å². The van der Waals surface area contributed by atoms with E-state index in [0.717, 1.165) is 31.7 Å². The third kappa shape index (κ3) is 4.81. The summed E-state index contributed by atoms with van der Waals surface area (Å²) in [6, 6.07) is 6.91. The number of hydrogen-bond acceptors (Lipinski definition) is 4. The Morgan fingerprint density at radius 1 is 1.33 bits per heavy atom. The molecule has 0 aliphatic rings. The number of rotatable bonds is 8. The van der Waals surface area contributed by atoms with Crippen LogP contribution < -0.4 is 5.32 Å². The van der Waals surface area contributed by atoms with Crippen LogP contribution in [0.1, 0.15) is 12.5 Å². The van der Waals surface area contributed by atoms with Crippen LogP contribution in [-0.2, 0) is 6.42 Å². The fourth-order valence-corrected chi connectivity index (χ4v) is 1.68. The summed E-state index contributed by atoms with van der Waals surface area (Å²) in [6.45, 7) is 5.82. The Labute approximate surface area is 108 Å². The van der Waals surface area contributed by atoms with Crippen molar-refractivity contribution in [3.05, 3.63) is 39.9 Å². The van der Waals surface area contributed by atoms with Gasteiger partial charge in [-0.15, -0.1) is 0 Å². The van der Waals surface area contributed by atoms with Crippen molar-refractivity contribution >= 4 is 5.69 Å². The van der Waals surface area contributed by atoms with Crippen LogP contribution in [0.5, 0.6) is 0 Å². The van der Waals surface area contributed by atoms with E-state index < -0.39 is 0 Å². The molecule has 0 radical (unpaired) electrons. The number of hydrogen-bond donors (Lipinski definition) is 1. The molecule has 5 heteroatoms. The summed E-state index contributed by atoms with van der Waals surface area (Å²) in [5, 5.41) is 14.1. The molecule has 1 rings (SSSR count). The molecule has 0 saturated heterocycles. The van der Waals surface area contributed by atoms with Crippen molar-refractivity contribution in [1.29, 1.82) is 0 Å². The molecule has 0 amide bonds. The fraction of sp³-hybridized carbons (Fsp3) is 0.538. The molecule has 5 nitrogen and oxygen atoms in total. The Morgan fingerprint density at radius 3 is 2.72 bits per heavy atom. The van der Waals surface area contributed by atoms with Crippen molar-refractivity contribution in [2.75, 3.05) is 33.2 Å². The molecule has 0 aliphatic heterocycles. The first-order chi connectivity index (χ1) is 8.65. The smallest absolute Gasteiger partial charge is 0.272 e. The molecule has 0 atom stereocenters. The normalized spacial score (nSPS) is 10.8. The summed E-state index contributed by atoms with van der Waals surface area (Å²) >= 11 is 0.